The normalized spacial score (nSPS) is 11.2. The molecule has 0 aliphatic rings. The van der Waals surface area contributed by atoms with Crippen molar-refractivity contribution in [2.75, 3.05) is 5.32 Å². The molecule has 0 bridgehead atoms. The third-order valence-electron chi connectivity index (χ3n) is 2.18. The van der Waals surface area contributed by atoms with Crippen molar-refractivity contribution in [3.63, 3.8) is 0 Å². The molecule has 6 nitrogen and oxygen atoms in total. The Balaban J connectivity index is 2.36. The molecule has 20 heavy (non-hydrogen) atoms. The fourth-order valence-corrected chi connectivity index (χ4v) is 2.09. The predicted molar refractivity (Wildman–Crippen MR) is 70.5 cm³/mol. The van der Waals surface area contributed by atoms with Crippen LogP contribution in [0.15, 0.2) is 16.7 Å². The first-order chi connectivity index (χ1) is 9.54. The number of anilines is 1. The molecule has 10 heteroatoms. The summed E-state index contributed by atoms with van der Waals surface area (Å²) in [4.78, 5) is 0. The Hall–Kier alpha value is -2.05. The predicted octanol–water partition coefficient (Wildman–Crippen LogP) is 2.87. The summed E-state index contributed by atoms with van der Waals surface area (Å²) < 4.78 is 27.0. The molecular formula is C10H4BrClF2N6. The van der Waals surface area contributed by atoms with Crippen molar-refractivity contribution < 1.29 is 8.78 Å². The van der Waals surface area contributed by atoms with E-state index in [2.05, 4.69) is 41.9 Å². The summed E-state index contributed by atoms with van der Waals surface area (Å²) in [5.41, 5.74) is -0.219. The quantitative estimate of drug-likeness (QED) is 0.498. The number of aromatic nitrogens is 4. The molecule has 0 unspecified atom stereocenters. The zero-order valence-corrected chi connectivity index (χ0v) is 11.8. The van der Waals surface area contributed by atoms with Crippen LogP contribution in [0.4, 0.5) is 14.5 Å². The molecule has 0 spiro atoms. The van der Waals surface area contributed by atoms with Crippen molar-refractivity contribution in [1.82, 2.24) is 20.6 Å². The lowest BCUT2D eigenvalue weighted by Gasteiger charge is -2.08. The zero-order valence-electron chi connectivity index (χ0n) is 9.46. The molecule has 0 aliphatic heterocycles. The number of rotatable bonds is 3. The summed E-state index contributed by atoms with van der Waals surface area (Å²) in [6.45, 7) is 0. The number of nitrogens with zero attached hydrogens (tertiary/aromatic N) is 4. The number of hydrogen-bond acceptors (Lipinski definition) is 5. The highest BCUT2D eigenvalue weighted by Crippen LogP contribution is 2.33. The summed E-state index contributed by atoms with van der Waals surface area (Å²) in [6, 6.07) is 2.61. The highest BCUT2D eigenvalue weighted by atomic mass is 79.9. The van der Waals surface area contributed by atoms with Gasteiger partial charge in [0.05, 0.1) is 15.2 Å². The second kappa shape index (κ2) is 5.94. The van der Waals surface area contributed by atoms with Gasteiger partial charge in [0.1, 0.15) is 17.5 Å². The van der Waals surface area contributed by atoms with E-state index in [-0.39, 0.29) is 26.6 Å². The molecule has 0 aliphatic carbocycles. The Kier molecular flexibility index (Phi) is 4.26. The highest BCUT2D eigenvalue weighted by Gasteiger charge is 2.15. The maximum Gasteiger partial charge on any atom is 0.216 e. The maximum absolute atomic E-state index is 13.7. The van der Waals surface area contributed by atoms with Crippen LogP contribution in [-0.2, 0) is 0 Å². The van der Waals surface area contributed by atoms with Crippen molar-refractivity contribution in [3.05, 3.63) is 39.2 Å². The molecule has 0 saturated heterocycles. The number of tetrazole rings is 1. The van der Waals surface area contributed by atoms with E-state index in [0.29, 0.717) is 0 Å². The summed E-state index contributed by atoms with van der Waals surface area (Å²) in [5, 5.41) is 23.7. The summed E-state index contributed by atoms with van der Waals surface area (Å²) in [7, 11) is 0. The van der Waals surface area contributed by atoms with Gasteiger partial charge in [0, 0.05) is 6.20 Å². The van der Waals surface area contributed by atoms with Gasteiger partial charge in [-0.05, 0) is 27.2 Å². The standard InChI is InChI=1S/C10H4BrClF2N6/c11-7-8(14)5(12)1-6(13)9(7)16-3-4(2-15)10-17-19-20-18-10/h1,3,16H,(H,17,18,19,20). The third kappa shape index (κ3) is 2.76. The zero-order chi connectivity index (χ0) is 14.7. The summed E-state index contributed by atoms with van der Waals surface area (Å²) >= 11 is 8.37. The van der Waals surface area contributed by atoms with Crippen LogP contribution < -0.4 is 5.32 Å². The molecule has 0 atom stereocenters. The van der Waals surface area contributed by atoms with Crippen LogP contribution in [0.2, 0.25) is 5.02 Å². The first kappa shape index (κ1) is 14.4. The Bertz CT molecular complexity index is 710. The van der Waals surface area contributed by atoms with Crippen molar-refractivity contribution >= 4 is 38.8 Å². The molecule has 0 saturated carbocycles. The lowest BCUT2D eigenvalue weighted by molar-refractivity contribution is 0.598. The van der Waals surface area contributed by atoms with Crippen LogP contribution in [0.1, 0.15) is 5.82 Å². The smallest absolute Gasteiger partial charge is 0.216 e. The maximum atomic E-state index is 13.7. The van der Waals surface area contributed by atoms with Crippen LogP contribution >= 0.6 is 27.5 Å². The molecule has 0 fully saturated rings. The van der Waals surface area contributed by atoms with E-state index in [1.807, 2.05) is 0 Å². The van der Waals surface area contributed by atoms with E-state index < -0.39 is 11.6 Å². The minimum Gasteiger partial charge on any atom is -0.357 e. The fraction of sp³-hybridized carbons (Fsp3) is 0. The number of hydrogen-bond donors (Lipinski definition) is 2. The number of nitriles is 1. The molecular weight excluding hydrogens is 358 g/mol. The molecule has 1 heterocycles. The van der Waals surface area contributed by atoms with Gasteiger partial charge < -0.3 is 5.32 Å². The average molecular weight is 362 g/mol. The highest BCUT2D eigenvalue weighted by molar-refractivity contribution is 9.10. The number of aromatic amines is 1. The Morgan fingerprint density at radius 2 is 2.30 bits per heavy atom. The fourth-order valence-electron chi connectivity index (χ4n) is 1.27. The van der Waals surface area contributed by atoms with Gasteiger partial charge in [-0.15, -0.1) is 10.2 Å². The number of benzene rings is 1. The number of nitrogens with one attached hydrogen (secondary N) is 2. The third-order valence-corrected chi connectivity index (χ3v) is 3.20. The second-order valence-electron chi connectivity index (χ2n) is 3.39. The van der Waals surface area contributed by atoms with Gasteiger partial charge in [0.15, 0.2) is 5.82 Å². The van der Waals surface area contributed by atoms with Crippen molar-refractivity contribution in [2.24, 2.45) is 0 Å². The van der Waals surface area contributed by atoms with E-state index in [4.69, 9.17) is 16.9 Å². The van der Waals surface area contributed by atoms with Crippen molar-refractivity contribution in [2.45, 2.75) is 0 Å². The minimum absolute atomic E-state index is 0.0135. The van der Waals surface area contributed by atoms with Gasteiger partial charge in [-0.3, -0.25) is 0 Å². The van der Waals surface area contributed by atoms with Crippen LogP contribution in [0.3, 0.4) is 0 Å². The Morgan fingerprint density at radius 1 is 1.55 bits per heavy atom. The van der Waals surface area contributed by atoms with Gasteiger partial charge in [0.25, 0.3) is 0 Å². The van der Waals surface area contributed by atoms with Gasteiger partial charge in [-0.1, -0.05) is 11.6 Å². The average Bonchev–Trinajstić information content (AvgIpc) is 2.94. The van der Waals surface area contributed by atoms with Crippen LogP contribution in [0.5, 0.6) is 0 Å². The molecule has 102 valence electrons. The molecule has 0 radical (unpaired) electrons. The van der Waals surface area contributed by atoms with E-state index in [9.17, 15) is 8.78 Å². The topological polar surface area (TPSA) is 90.3 Å². The number of H-pyrrole nitrogens is 1. The summed E-state index contributed by atoms with van der Waals surface area (Å²) in [6.07, 6.45) is 1.13. The van der Waals surface area contributed by atoms with Crippen LogP contribution in [-0.4, -0.2) is 20.6 Å². The van der Waals surface area contributed by atoms with E-state index in [1.165, 1.54) is 0 Å². The van der Waals surface area contributed by atoms with Crippen LogP contribution in [0, 0.1) is 23.0 Å². The molecule has 0 amide bonds. The molecule has 2 N–H and O–H groups in total. The largest absolute Gasteiger partial charge is 0.357 e. The minimum atomic E-state index is -0.818. The second-order valence-corrected chi connectivity index (χ2v) is 4.59. The van der Waals surface area contributed by atoms with E-state index in [1.54, 1.807) is 6.07 Å². The van der Waals surface area contributed by atoms with E-state index in [0.717, 1.165) is 12.3 Å². The van der Waals surface area contributed by atoms with Gasteiger partial charge in [-0.25, -0.2) is 8.78 Å². The lowest BCUT2D eigenvalue weighted by Crippen LogP contribution is -1.98. The lowest BCUT2D eigenvalue weighted by atomic mass is 10.2. The van der Waals surface area contributed by atoms with Crippen LogP contribution in [0.25, 0.3) is 5.57 Å². The number of allylic oxidation sites excluding steroid dienone is 1. The first-order valence-electron chi connectivity index (χ1n) is 4.98. The van der Waals surface area contributed by atoms with Gasteiger partial charge >= 0.3 is 0 Å². The molecule has 1 aromatic heterocycles. The SMILES string of the molecule is N#CC(=CNc1c(F)cc(Cl)c(F)c1Br)c1nn[nH]n1. The Labute approximate surface area is 124 Å². The molecule has 2 aromatic rings. The van der Waals surface area contributed by atoms with Gasteiger partial charge in [-0.2, -0.15) is 10.5 Å². The van der Waals surface area contributed by atoms with Crippen molar-refractivity contribution in [1.29, 1.82) is 5.26 Å². The van der Waals surface area contributed by atoms with E-state index >= 15 is 0 Å². The Morgan fingerprint density at radius 3 is 2.90 bits per heavy atom. The monoisotopic (exact) mass is 360 g/mol. The van der Waals surface area contributed by atoms with Gasteiger partial charge in [0.2, 0.25) is 5.82 Å². The molecule has 2 rings (SSSR count). The van der Waals surface area contributed by atoms with Crippen molar-refractivity contribution in [3.8, 4) is 6.07 Å². The summed E-state index contributed by atoms with van der Waals surface area (Å²) in [5.74, 6) is -1.59. The first-order valence-corrected chi connectivity index (χ1v) is 6.15. The number of halogens is 4. The molecule has 1 aromatic carbocycles.